The van der Waals surface area contributed by atoms with Gasteiger partial charge in [-0.2, -0.15) is 0 Å². The van der Waals surface area contributed by atoms with Gasteiger partial charge in [0.2, 0.25) is 10.0 Å². The van der Waals surface area contributed by atoms with E-state index in [9.17, 15) is 21.9 Å². The molecular weight excluding hydrogens is 334 g/mol. The maximum Gasteiger partial charge on any atom is 0.244 e. The van der Waals surface area contributed by atoms with E-state index in [0.29, 0.717) is 5.75 Å². The lowest BCUT2D eigenvalue weighted by molar-refractivity contribution is 0.176. The van der Waals surface area contributed by atoms with Crippen molar-refractivity contribution in [2.24, 2.45) is 0 Å². The van der Waals surface area contributed by atoms with Gasteiger partial charge in [0.25, 0.3) is 0 Å². The molecule has 1 saturated heterocycles. The molecule has 0 bridgehead atoms. The van der Waals surface area contributed by atoms with Crippen molar-refractivity contribution < 1.29 is 31.4 Å². The molecule has 1 aromatic rings. The number of aliphatic hydroxyl groups is 1. The molecule has 10 heteroatoms. The lowest BCUT2D eigenvalue weighted by Crippen LogP contribution is -2.42. The summed E-state index contributed by atoms with van der Waals surface area (Å²) in [4.78, 5) is -0.189. The Kier molecular flexibility index (Phi) is 4.66. The Labute approximate surface area is 129 Å². The lowest BCUT2D eigenvalue weighted by Gasteiger charge is -2.17. The SMILES string of the molecule is COc1ccc(OC)c(S(=O)(=O)N[C@H]2CS(=O)(=O)C[C@@H]2O)c1. The van der Waals surface area contributed by atoms with Crippen molar-refractivity contribution in [3.63, 3.8) is 0 Å². The van der Waals surface area contributed by atoms with Gasteiger partial charge in [-0.05, 0) is 12.1 Å². The third kappa shape index (κ3) is 3.51. The molecule has 1 aliphatic rings. The lowest BCUT2D eigenvalue weighted by atomic mass is 10.2. The van der Waals surface area contributed by atoms with Gasteiger partial charge in [0.05, 0.1) is 37.9 Å². The van der Waals surface area contributed by atoms with Crippen LogP contribution in [-0.4, -0.2) is 59.8 Å². The minimum atomic E-state index is -4.08. The number of aliphatic hydroxyl groups excluding tert-OH is 1. The van der Waals surface area contributed by atoms with Crippen LogP contribution in [0.1, 0.15) is 0 Å². The van der Waals surface area contributed by atoms with Crippen LogP contribution >= 0.6 is 0 Å². The van der Waals surface area contributed by atoms with E-state index in [1.54, 1.807) is 0 Å². The number of hydrogen-bond donors (Lipinski definition) is 2. The first-order valence-corrected chi connectivity index (χ1v) is 9.62. The largest absolute Gasteiger partial charge is 0.497 e. The maximum atomic E-state index is 12.4. The van der Waals surface area contributed by atoms with Gasteiger partial charge >= 0.3 is 0 Å². The topological polar surface area (TPSA) is 119 Å². The molecule has 0 amide bonds. The van der Waals surface area contributed by atoms with E-state index in [4.69, 9.17) is 9.47 Å². The van der Waals surface area contributed by atoms with Gasteiger partial charge in [-0.3, -0.25) is 0 Å². The molecule has 1 heterocycles. The normalized spacial score (nSPS) is 24.1. The minimum absolute atomic E-state index is 0.0867. The van der Waals surface area contributed by atoms with Crippen molar-refractivity contribution >= 4 is 19.9 Å². The molecule has 2 rings (SSSR count). The third-order valence-electron chi connectivity index (χ3n) is 3.29. The number of rotatable bonds is 5. The molecule has 1 aromatic carbocycles. The summed E-state index contributed by atoms with van der Waals surface area (Å²) >= 11 is 0. The summed E-state index contributed by atoms with van der Waals surface area (Å²) < 4.78 is 60.0. The van der Waals surface area contributed by atoms with Crippen LogP contribution in [0.2, 0.25) is 0 Å². The Bertz CT molecular complexity index is 758. The molecule has 1 aliphatic heterocycles. The fourth-order valence-corrected chi connectivity index (χ4v) is 5.50. The van der Waals surface area contributed by atoms with Gasteiger partial charge in [-0.15, -0.1) is 0 Å². The van der Waals surface area contributed by atoms with Crippen LogP contribution in [0, 0.1) is 0 Å². The molecule has 0 aliphatic carbocycles. The van der Waals surface area contributed by atoms with E-state index in [1.165, 1.54) is 32.4 Å². The van der Waals surface area contributed by atoms with Gasteiger partial charge in [0, 0.05) is 6.07 Å². The molecule has 0 radical (unpaired) electrons. The number of nitrogens with one attached hydrogen (secondary N) is 1. The van der Waals surface area contributed by atoms with E-state index in [0.717, 1.165) is 0 Å². The number of sulfonamides is 1. The molecule has 2 atom stereocenters. The Morgan fingerprint density at radius 3 is 2.41 bits per heavy atom. The zero-order valence-electron chi connectivity index (χ0n) is 12.0. The zero-order valence-corrected chi connectivity index (χ0v) is 13.6. The van der Waals surface area contributed by atoms with Gasteiger partial charge in [-0.25, -0.2) is 21.6 Å². The summed E-state index contributed by atoms with van der Waals surface area (Å²) in [6.45, 7) is 0. The van der Waals surface area contributed by atoms with Crippen LogP contribution < -0.4 is 14.2 Å². The van der Waals surface area contributed by atoms with Crippen LogP contribution in [-0.2, 0) is 19.9 Å². The predicted molar refractivity (Wildman–Crippen MR) is 78.3 cm³/mol. The third-order valence-corrected chi connectivity index (χ3v) is 6.52. The van der Waals surface area contributed by atoms with Crippen molar-refractivity contribution in [2.75, 3.05) is 25.7 Å². The Morgan fingerprint density at radius 2 is 1.91 bits per heavy atom. The Morgan fingerprint density at radius 1 is 1.23 bits per heavy atom. The van der Waals surface area contributed by atoms with Crippen LogP contribution in [0.4, 0.5) is 0 Å². The molecular formula is C12H17NO7S2. The fourth-order valence-electron chi connectivity index (χ4n) is 2.20. The first-order chi connectivity index (χ1) is 10.2. The summed E-state index contributed by atoms with van der Waals surface area (Å²) in [5.74, 6) is -0.515. The van der Waals surface area contributed by atoms with Crippen molar-refractivity contribution in [1.29, 1.82) is 0 Å². The quantitative estimate of drug-likeness (QED) is 0.708. The summed E-state index contributed by atoms with van der Waals surface area (Å²) in [6, 6.07) is 3.13. The smallest absolute Gasteiger partial charge is 0.244 e. The zero-order chi connectivity index (χ0) is 16.5. The van der Waals surface area contributed by atoms with Gasteiger partial charge in [-0.1, -0.05) is 0 Å². The summed E-state index contributed by atoms with van der Waals surface area (Å²) in [5.41, 5.74) is 0. The molecule has 8 nitrogen and oxygen atoms in total. The molecule has 0 aromatic heterocycles. The number of methoxy groups -OCH3 is 2. The average Bonchev–Trinajstić information content (AvgIpc) is 2.69. The standard InChI is InChI=1S/C12H17NO7S2/c1-19-8-3-4-11(20-2)12(5-8)22(17,18)13-9-6-21(15,16)7-10(9)14/h3-5,9-10,13-14H,6-7H2,1-2H3/t9-,10-/m0/s1. The summed E-state index contributed by atoms with van der Waals surface area (Å²) in [5, 5.41) is 9.70. The van der Waals surface area contributed by atoms with Crippen LogP contribution in [0.15, 0.2) is 23.1 Å². The number of ether oxygens (including phenoxy) is 2. The monoisotopic (exact) mass is 351 g/mol. The Balaban J connectivity index is 2.35. The average molecular weight is 351 g/mol. The molecule has 0 saturated carbocycles. The first kappa shape index (κ1) is 17.0. The fraction of sp³-hybridized carbons (Fsp3) is 0.500. The minimum Gasteiger partial charge on any atom is -0.497 e. The molecule has 0 unspecified atom stereocenters. The van der Waals surface area contributed by atoms with E-state index in [1.807, 2.05) is 0 Å². The van der Waals surface area contributed by atoms with Crippen LogP contribution in [0.5, 0.6) is 11.5 Å². The van der Waals surface area contributed by atoms with Crippen molar-refractivity contribution in [3.8, 4) is 11.5 Å². The van der Waals surface area contributed by atoms with Crippen molar-refractivity contribution in [1.82, 2.24) is 4.72 Å². The van der Waals surface area contributed by atoms with Crippen molar-refractivity contribution in [2.45, 2.75) is 17.0 Å². The molecule has 2 N–H and O–H groups in total. The van der Waals surface area contributed by atoms with E-state index < -0.39 is 43.5 Å². The Hall–Kier alpha value is -1.36. The summed E-state index contributed by atoms with van der Waals surface area (Å²) in [6.07, 6.45) is -1.28. The molecule has 124 valence electrons. The highest BCUT2D eigenvalue weighted by atomic mass is 32.2. The van der Waals surface area contributed by atoms with Crippen molar-refractivity contribution in [3.05, 3.63) is 18.2 Å². The van der Waals surface area contributed by atoms with Crippen LogP contribution in [0.3, 0.4) is 0 Å². The highest BCUT2D eigenvalue weighted by molar-refractivity contribution is 7.92. The second kappa shape index (κ2) is 6.03. The van der Waals surface area contributed by atoms with Gasteiger partial charge in [0.15, 0.2) is 9.84 Å². The van der Waals surface area contributed by atoms with E-state index in [-0.39, 0.29) is 10.6 Å². The highest BCUT2D eigenvalue weighted by Crippen LogP contribution is 2.28. The first-order valence-electron chi connectivity index (χ1n) is 6.31. The van der Waals surface area contributed by atoms with Crippen LogP contribution in [0.25, 0.3) is 0 Å². The second-order valence-electron chi connectivity index (χ2n) is 4.89. The summed E-state index contributed by atoms with van der Waals surface area (Å²) in [7, 11) is -4.84. The molecule has 22 heavy (non-hydrogen) atoms. The van der Waals surface area contributed by atoms with Gasteiger partial charge in [0.1, 0.15) is 16.4 Å². The number of benzene rings is 1. The molecule has 0 spiro atoms. The van der Waals surface area contributed by atoms with Gasteiger partial charge < -0.3 is 14.6 Å². The van der Waals surface area contributed by atoms with E-state index in [2.05, 4.69) is 4.72 Å². The number of sulfone groups is 1. The molecule has 1 fully saturated rings. The number of hydrogen-bond acceptors (Lipinski definition) is 7. The van der Waals surface area contributed by atoms with E-state index >= 15 is 0 Å². The highest BCUT2D eigenvalue weighted by Gasteiger charge is 2.39. The predicted octanol–water partition coefficient (Wildman–Crippen LogP) is -0.860. The second-order valence-corrected chi connectivity index (χ2v) is 8.73. The maximum absolute atomic E-state index is 12.4.